The van der Waals surface area contributed by atoms with E-state index in [4.69, 9.17) is 6.57 Å². The Balaban J connectivity index is 2.28. The van der Waals surface area contributed by atoms with E-state index in [1.165, 1.54) is 37.7 Å². The summed E-state index contributed by atoms with van der Waals surface area (Å²) >= 11 is 0. The molecule has 0 aromatic heterocycles. The number of rotatable bonds is 6. The van der Waals surface area contributed by atoms with Gasteiger partial charge in [0.25, 0.3) is 5.91 Å². The highest BCUT2D eigenvalue weighted by Gasteiger charge is 2.48. The van der Waals surface area contributed by atoms with Crippen molar-refractivity contribution in [2.75, 3.05) is 23.8 Å². The normalized spacial score (nSPS) is 17.6. The molecule has 25 heavy (non-hydrogen) atoms. The van der Waals surface area contributed by atoms with Crippen molar-refractivity contribution in [2.45, 2.75) is 65.5 Å². The lowest BCUT2D eigenvalue weighted by molar-refractivity contribution is -0.116. The number of aryl methyl sites for hydroxylation is 2. The molecule has 1 heterocycles. The van der Waals surface area contributed by atoms with Gasteiger partial charge >= 0.3 is 0 Å². The highest BCUT2D eigenvalue weighted by molar-refractivity contribution is 7.77. The Morgan fingerprint density at radius 2 is 1.80 bits per heavy atom. The van der Waals surface area contributed by atoms with Crippen molar-refractivity contribution in [3.63, 3.8) is 0 Å². The van der Waals surface area contributed by atoms with Crippen LogP contribution >= 0.6 is 7.26 Å². The third-order valence-corrected chi connectivity index (χ3v) is 11.2. The second-order valence-electron chi connectivity index (χ2n) is 7.40. The van der Waals surface area contributed by atoms with E-state index in [0.717, 1.165) is 29.7 Å². The largest absolute Gasteiger partial charge is 0.322 e. The highest BCUT2D eigenvalue weighted by atomic mass is 31.2. The number of anilines is 1. The smallest absolute Gasteiger partial charge is 0.265 e. The summed E-state index contributed by atoms with van der Waals surface area (Å²) in [7, 11) is -1.20. The topological polar surface area (TPSA) is 33.5 Å². The molecule has 0 radical (unpaired) electrons. The van der Waals surface area contributed by atoms with Crippen LogP contribution in [0, 0.1) is 20.4 Å². The van der Waals surface area contributed by atoms with E-state index < -0.39 is 7.26 Å². The number of hydrogen-bond donors (Lipinski definition) is 1. The predicted octanol–water partition coefficient (Wildman–Crippen LogP) is 6.18. The maximum Gasteiger partial charge on any atom is 0.265 e. The predicted molar refractivity (Wildman–Crippen MR) is 111 cm³/mol. The molecule has 1 fully saturated rings. The minimum absolute atomic E-state index is 0.196. The molecule has 1 aromatic carbocycles. The van der Waals surface area contributed by atoms with Crippen LogP contribution in [0.5, 0.6) is 0 Å². The van der Waals surface area contributed by atoms with Crippen LogP contribution in [0.2, 0.25) is 0 Å². The first-order valence-corrected chi connectivity index (χ1v) is 12.0. The zero-order valence-corrected chi connectivity index (χ0v) is 17.1. The van der Waals surface area contributed by atoms with Gasteiger partial charge in [0.2, 0.25) is 0 Å². The quantitative estimate of drug-likeness (QED) is 0.477. The van der Waals surface area contributed by atoms with E-state index in [1.54, 1.807) is 0 Å². The number of benzene rings is 1. The molecule has 4 heteroatoms. The fourth-order valence-electron chi connectivity index (χ4n) is 4.33. The van der Waals surface area contributed by atoms with Gasteiger partial charge in [-0.2, -0.15) is 0 Å². The number of amides is 1. The van der Waals surface area contributed by atoms with Gasteiger partial charge < -0.3 is 5.32 Å². The van der Waals surface area contributed by atoms with Crippen molar-refractivity contribution >= 4 is 24.5 Å². The van der Waals surface area contributed by atoms with E-state index in [2.05, 4.69) is 24.0 Å². The molecule has 136 valence electrons. The van der Waals surface area contributed by atoms with Crippen LogP contribution in [0.1, 0.15) is 57.1 Å². The van der Waals surface area contributed by atoms with E-state index in [-0.39, 0.29) is 11.6 Å². The number of hydrogen-bond acceptors (Lipinski definition) is 1. The summed E-state index contributed by atoms with van der Waals surface area (Å²) in [5.41, 5.74) is 3.72. The SMILES string of the molecule is [C-]#[N+]c1cc(C)c(NC(=O)C(CCC)[P+]2(CC)CCCCC2)c(C)c1. The van der Waals surface area contributed by atoms with Crippen molar-refractivity contribution in [3.05, 3.63) is 34.7 Å². The lowest BCUT2D eigenvalue weighted by Crippen LogP contribution is -2.35. The van der Waals surface area contributed by atoms with E-state index >= 15 is 0 Å². The molecule has 0 spiro atoms. The van der Waals surface area contributed by atoms with E-state index in [1.807, 2.05) is 26.0 Å². The molecule has 1 unspecified atom stereocenters. The maximum absolute atomic E-state index is 13.3. The molecule has 2 rings (SSSR count). The fraction of sp³-hybridized carbons (Fsp3) is 0.619. The molecule has 1 aliphatic rings. The number of nitrogens with zero attached hydrogens (tertiary/aromatic N) is 1. The molecular weight excluding hydrogens is 327 g/mol. The van der Waals surface area contributed by atoms with Crippen molar-refractivity contribution < 1.29 is 4.79 Å². The molecule has 1 saturated heterocycles. The Labute approximate surface area is 153 Å². The van der Waals surface area contributed by atoms with E-state index in [0.29, 0.717) is 5.69 Å². The van der Waals surface area contributed by atoms with Crippen molar-refractivity contribution in [1.29, 1.82) is 0 Å². The van der Waals surface area contributed by atoms with Gasteiger partial charge in [0, 0.05) is 12.9 Å². The summed E-state index contributed by atoms with van der Waals surface area (Å²) < 4.78 is 0. The van der Waals surface area contributed by atoms with Crippen LogP contribution in [0.3, 0.4) is 0 Å². The molecule has 1 N–H and O–H groups in total. The van der Waals surface area contributed by atoms with E-state index in [9.17, 15) is 4.79 Å². The first kappa shape index (κ1) is 19.9. The van der Waals surface area contributed by atoms with Crippen LogP contribution in [-0.4, -0.2) is 30.1 Å². The first-order valence-electron chi connectivity index (χ1n) is 9.62. The number of carbonyl (C=O) groups excluding carboxylic acids is 1. The van der Waals surface area contributed by atoms with Gasteiger partial charge in [0.15, 0.2) is 5.69 Å². The zero-order valence-electron chi connectivity index (χ0n) is 16.2. The second-order valence-corrected chi connectivity index (χ2v) is 12.0. The first-order chi connectivity index (χ1) is 12.0. The summed E-state index contributed by atoms with van der Waals surface area (Å²) in [5.74, 6) is 0.223. The summed E-state index contributed by atoms with van der Waals surface area (Å²) in [6.45, 7) is 15.7. The summed E-state index contributed by atoms with van der Waals surface area (Å²) in [5, 5.41) is 3.26. The zero-order chi connectivity index (χ0) is 18.4. The molecule has 1 aliphatic heterocycles. The van der Waals surface area contributed by atoms with Crippen LogP contribution in [0.4, 0.5) is 11.4 Å². The number of nitrogens with one attached hydrogen (secondary N) is 1. The molecule has 0 saturated carbocycles. The lowest BCUT2D eigenvalue weighted by atomic mass is 10.1. The summed E-state index contributed by atoms with van der Waals surface area (Å²) in [4.78, 5) is 16.8. The van der Waals surface area contributed by atoms with Gasteiger partial charge in [-0.15, -0.1) is 0 Å². The van der Waals surface area contributed by atoms with Gasteiger partial charge in [0.05, 0.1) is 25.1 Å². The second kappa shape index (κ2) is 8.81. The highest BCUT2D eigenvalue weighted by Crippen LogP contribution is 2.66. The van der Waals surface area contributed by atoms with Gasteiger partial charge in [-0.25, -0.2) is 4.85 Å². The molecule has 1 atom stereocenters. The minimum atomic E-state index is -1.20. The van der Waals surface area contributed by atoms with Crippen LogP contribution in [0.25, 0.3) is 4.85 Å². The third-order valence-electron chi connectivity index (χ3n) is 5.76. The summed E-state index contributed by atoms with van der Waals surface area (Å²) in [6.07, 6.45) is 9.77. The Morgan fingerprint density at radius 3 is 2.28 bits per heavy atom. The molecule has 0 aliphatic carbocycles. The average molecular weight is 359 g/mol. The molecule has 3 nitrogen and oxygen atoms in total. The van der Waals surface area contributed by atoms with Crippen LogP contribution in [-0.2, 0) is 4.79 Å². The van der Waals surface area contributed by atoms with Crippen molar-refractivity contribution in [3.8, 4) is 0 Å². The molecule has 0 bridgehead atoms. The fourth-order valence-corrected chi connectivity index (χ4v) is 9.32. The van der Waals surface area contributed by atoms with Crippen LogP contribution in [0.15, 0.2) is 12.1 Å². The van der Waals surface area contributed by atoms with Gasteiger partial charge in [0.1, 0.15) is 5.66 Å². The average Bonchev–Trinajstić information content (AvgIpc) is 2.62. The third kappa shape index (κ3) is 4.42. The minimum Gasteiger partial charge on any atom is -0.322 e. The van der Waals surface area contributed by atoms with Crippen LogP contribution < -0.4 is 5.32 Å². The molecular formula is C21H32N2OP+. The van der Waals surface area contributed by atoms with Gasteiger partial charge in [-0.3, -0.25) is 4.79 Å². The Morgan fingerprint density at radius 1 is 1.20 bits per heavy atom. The van der Waals surface area contributed by atoms with Gasteiger partial charge in [-0.05, 0) is 57.6 Å². The van der Waals surface area contributed by atoms with Crippen molar-refractivity contribution in [2.24, 2.45) is 0 Å². The van der Waals surface area contributed by atoms with Crippen molar-refractivity contribution in [1.82, 2.24) is 0 Å². The standard InChI is InChI=1S/C21H31N2OP/c1-6-11-19(25(7-2)12-9-8-10-13-25)21(24)23-20-16(3)14-18(22-5)15-17(20)4/h14-15,19H,6-13H2,1-4H3/p+1. The Hall–Kier alpha value is -1.39. The Kier molecular flexibility index (Phi) is 7.03. The molecule has 1 amide bonds. The maximum atomic E-state index is 13.3. The monoisotopic (exact) mass is 359 g/mol. The summed E-state index contributed by atoms with van der Waals surface area (Å²) in [6, 6.07) is 3.74. The molecule has 1 aromatic rings. The van der Waals surface area contributed by atoms with Gasteiger partial charge in [-0.1, -0.05) is 25.5 Å². The number of carbonyl (C=O) groups is 1. The Bertz CT molecular complexity index is 633. The lowest BCUT2D eigenvalue weighted by Gasteiger charge is -2.36.